The summed E-state index contributed by atoms with van der Waals surface area (Å²) >= 11 is 5.22. The fourth-order valence-electron chi connectivity index (χ4n) is 0.974. The van der Waals surface area contributed by atoms with Crippen LogP contribution in [-0.4, -0.2) is 19.4 Å². The van der Waals surface area contributed by atoms with Crippen LogP contribution in [0.4, 0.5) is 0 Å². The van der Waals surface area contributed by atoms with E-state index in [1.165, 1.54) is 6.42 Å². The summed E-state index contributed by atoms with van der Waals surface area (Å²) < 4.78 is 10.8. The second-order valence-electron chi connectivity index (χ2n) is 2.29. The van der Waals surface area contributed by atoms with Crippen molar-refractivity contribution in [3.8, 4) is 0 Å². The van der Waals surface area contributed by atoms with E-state index in [9.17, 15) is 0 Å². The van der Waals surface area contributed by atoms with Gasteiger partial charge >= 0.3 is 0 Å². The van der Waals surface area contributed by atoms with Gasteiger partial charge in [0.1, 0.15) is 0 Å². The average molecular weight is 180 g/mol. The van der Waals surface area contributed by atoms with Crippen molar-refractivity contribution in [2.24, 2.45) is 0 Å². The van der Waals surface area contributed by atoms with Gasteiger partial charge in [-0.1, -0.05) is 0 Å². The molecule has 1 heterocycles. The molecule has 4 heteroatoms. The van der Waals surface area contributed by atoms with Gasteiger partial charge in [-0.3, -0.25) is 0 Å². The SMILES string of the molecule is CCO[P+]1([S-])CCCCO1. The lowest BCUT2D eigenvalue weighted by atomic mass is 10.4. The topological polar surface area (TPSA) is 18.5 Å². The van der Waals surface area contributed by atoms with E-state index in [2.05, 4.69) is 0 Å². The van der Waals surface area contributed by atoms with Gasteiger partial charge in [-0.15, -0.1) is 0 Å². The highest BCUT2D eigenvalue weighted by atomic mass is 32.7. The number of hydrogen-bond acceptors (Lipinski definition) is 3. The van der Waals surface area contributed by atoms with Gasteiger partial charge in [-0.2, -0.15) is 0 Å². The van der Waals surface area contributed by atoms with Crippen molar-refractivity contribution in [1.29, 1.82) is 0 Å². The van der Waals surface area contributed by atoms with E-state index in [1.54, 1.807) is 0 Å². The Morgan fingerprint density at radius 3 is 2.90 bits per heavy atom. The van der Waals surface area contributed by atoms with Crippen molar-refractivity contribution in [1.82, 2.24) is 0 Å². The zero-order valence-corrected chi connectivity index (χ0v) is 7.92. The smallest absolute Gasteiger partial charge is 0.159 e. The minimum Gasteiger partial charge on any atom is -0.492 e. The predicted octanol–water partition coefficient (Wildman–Crippen LogP) is 2.14. The van der Waals surface area contributed by atoms with Crippen LogP contribution in [-0.2, 0) is 21.3 Å². The lowest BCUT2D eigenvalue weighted by Crippen LogP contribution is -2.11. The normalized spacial score (nSPS) is 34.2. The Bertz CT molecular complexity index is 98.4. The van der Waals surface area contributed by atoms with Crippen molar-refractivity contribution in [3.63, 3.8) is 0 Å². The molecule has 60 valence electrons. The molecule has 0 aromatic heterocycles. The molecule has 0 N–H and O–H groups in total. The van der Waals surface area contributed by atoms with Crippen molar-refractivity contribution < 1.29 is 9.05 Å². The van der Waals surface area contributed by atoms with Gasteiger partial charge in [-0.25, -0.2) is 9.05 Å². The average Bonchev–Trinajstić information content (AvgIpc) is 1.89. The maximum atomic E-state index is 5.41. The highest BCUT2D eigenvalue weighted by molar-refractivity contribution is 8.38. The second kappa shape index (κ2) is 3.91. The zero-order valence-electron chi connectivity index (χ0n) is 6.21. The molecule has 0 spiro atoms. The molecule has 2 nitrogen and oxygen atoms in total. The summed E-state index contributed by atoms with van der Waals surface area (Å²) in [5.41, 5.74) is 0. The minimum atomic E-state index is -1.78. The van der Waals surface area contributed by atoms with Gasteiger partial charge in [0.15, 0.2) is 6.92 Å². The summed E-state index contributed by atoms with van der Waals surface area (Å²) in [5.74, 6) is 0. The van der Waals surface area contributed by atoms with Crippen LogP contribution in [0.3, 0.4) is 0 Å². The summed E-state index contributed by atoms with van der Waals surface area (Å²) in [6, 6.07) is 0. The zero-order chi connectivity index (χ0) is 7.45. The Morgan fingerprint density at radius 1 is 1.60 bits per heavy atom. The number of rotatable bonds is 2. The summed E-state index contributed by atoms with van der Waals surface area (Å²) in [7, 11) is 0. The van der Waals surface area contributed by atoms with E-state index in [-0.39, 0.29) is 0 Å². The molecular formula is C6H13O2PS. The van der Waals surface area contributed by atoms with Crippen LogP contribution in [0.5, 0.6) is 0 Å². The molecule has 1 atom stereocenters. The van der Waals surface area contributed by atoms with Crippen LogP contribution >= 0.6 is 6.92 Å². The fourth-order valence-corrected chi connectivity index (χ4v) is 3.65. The van der Waals surface area contributed by atoms with Crippen LogP contribution in [0.15, 0.2) is 0 Å². The highest BCUT2D eigenvalue weighted by Crippen LogP contribution is 2.61. The molecule has 1 unspecified atom stereocenters. The van der Waals surface area contributed by atoms with Crippen LogP contribution in [0.2, 0.25) is 0 Å². The Hall–Kier alpha value is 0.700. The lowest BCUT2D eigenvalue weighted by Gasteiger charge is -2.31. The molecule has 1 aliphatic rings. The molecule has 1 saturated heterocycles. The molecule has 0 amide bonds. The Kier molecular flexibility index (Phi) is 3.44. The third-order valence-electron chi connectivity index (χ3n) is 1.44. The summed E-state index contributed by atoms with van der Waals surface area (Å²) in [4.78, 5) is 0. The molecule has 0 aromatic carbocycles. The van der Waals surface area contributed by atoms with Crippen LogP contribution in [0.25, 0.3) is 0 Å². The molecule has 0 aliphatic carbocycles. The van der Waals surface area contributed by atoms with Crippen molar-refractivity contribution in [2.45, 2.75) is 19.8 Å². The van der Waals surface area contributed by atoms with Gasteiger partial charge < -0.3 is 12.2 Å². The van der Waals surface area contributed by atoms with Gasteiger partial charge in [-0.05, 0) is 19.8 Å². The first kappa shape index (κ1) is 8.79. The monoisotopic (exact) mass is 180 g/mol. The Morgan fingerprint density at radius 2 is 2.40 bits per heavy atom. The summed E-state index contributed by atoms with van der Waals surface area (Å²) in [6.07, 6.45) is 3.29. The van der Waals surface area contributed by atoms with Crippen LogP contribution < -0.4 is 0 Å². The maximum absolute atomic E-state index is 5.41. The van der Waals surface area contributed by atoms with E-state index in [4.69, 9.17) is 21.3 Å². The first-order valence-corrected chi connectivity index (χ1v) is 6.47. The van der Waals surface area contributed by atoms with Crippen molar-refractivity contribution in [2.75, 3.05) is 19.4 Å². The van der Waals surface area contributed by atoms with E-state index in [0.29, 0.717) is 6.61 Å². The third kappa shape index (κ3) is 2.39. The van der Waals surface area contributed by atoms with Gasteiger partial charge in [0.2, 0.25) is 0 Å². The fraction of sp³-hybridized carbons (Fsp3) is 1.00. The first-order valence-electron chi connectivity index (χ1n) is 3.65. The number of hydrogen-bond donors (Lipinski definition) is 0. The van der Waals surface area contributed by atoms with Crippen molar-refractivity contribution >= 4 is 19.2 Å². The summed E-state index contributed by atoms with van der Waals surface area (Å²) in [5, 5.41) is 0. The van der Waals surface area contributed by atoms with E-state index in [1.807, 2.05) is 6.92 Å². The molecule has 10 heavy (non-hydrogen) atoms. The van der Waals surface area contributed by atoms with E-state index < -0.39 is 6.92 Å². The Labute approximate surface area is 67.9 Å². The first-order chi connectivity index (χ1) is 4.77. The molecule has 0 aromatic rings. The molecule has 1 aliphatic heterocycles. The quantitative estimate of drug-likeness (QED) is 0.479. The molecule has 0 bridgehead atoms. The summed E-state index contributed by atoms with van der Waals surface area (Å²) in [6.45, 7) is 1.68. The second-order valence-corrected chi connectivity index (χ2v) is 6.15. The van der Waals surface area contributed by atoms with Gasteiger partial charge in [0.05, 0.1) is 19.4 Å². The highest BCUT2D eigenvalue weighted by Gasteiger charge is 2.28. The predicted molar refractivity (Wildman–Crippen MR) is 46.0 cm³/mol. The van der Waals surface area contributed by atoms with E-state index >= 15 is 0 Å². The largest absolute Gasteiger partial charge is 0.492 e. The molecular weight excluding hydrogens is 167 g/mol. The lowest BCUT2D eigenvalue weighted by molar-refractivity contribution is 0.234. The molecule has 0 radical (unpaired) electrons. The Balaban J connectivity index is 2.32. The van der Waals surface area contributed by atoms with Gasteiger partial charge in [0, 0.05) is 0 Å². The minimum absolute atomic E-state index is 0.692. The van der Waals surface area contributed by atoms with Crippen LogP contribution in [0, 0.1) is 0 Å². The maximum Gasteiger partial charge on any atom is 0.159 e. The van der Waals surface area contributed by atoms with Gasteiger partial charge in [0.25, 0.3) is 0 Å². The van der Waals surface area contributed by atoms with Crippen LogP contribution in [0.1, 0.15) is 19.8 Å². The van der Waals surface area contributed by atoms with Crippen molar-refractivity contribution in [3.05, 3.63) is 0 Å². The molecule has 1 fully saturated rings. The third-order valence-corrected chi connectivity index (χ3v) is 4.71. The standard InChI is InChI=1S/C6H13O2PS/c1-2-7-9(10)6-4-3-5-8-9/h2-6H2,1H3. The van der Waals surface area contributed by atoms with E-state index in [0.717, 1.165) is 19.2 Å². The molecule has 1 rings (SSSR count). The molecule has 0 saturated carbocycles.